The fourth-order valence-corrected chi connectivity index (χ4v) is 4.69. The molecule has 1 heterocycles. The molecule has 0 radical (unpaired) electrons. The Kier molecular flexibility index (Phi) is 5.79. The zero-order valence-electron chi connectivity index (χ0n) is 16.2. The zero-order chi connectivity index (χ0) is 20.5. The third-order valence-electron chi connectivity index (χ3n) is 5.12. The van der Waals surface area contributed by atoms with Gasteiger partial charge < -0.3 is 9.84 Å². The van der Waals surface area contributed by atoms with E-state index in [0.29, 0.717) is 11.3 Å². The highest BCUT2D eigenvalue weighted by Crippen LogP contribution is 2.45. The number of benzene rings is 2. The number of hydrogen-bond donors (Lipinski definition) is 1. The van der Waals surface area contributed by atoms with Crippen LogP contribution in [0.25, 0.3) is 0 Å². The Morgan fingerprint density at radius 1 is 1.25 bits per heavy atom. The van der Waals surface area contributed by atoms with Gasteiger partial charge in [0.25, 0.3) is 10.1 Å². The van der Waals surface area contributed by atoms with Crippen LogP contribution < -0.4 is 4.74 Å². The van der Waals surface area contributed by atoms with Crippen molar-refractivity contribution in [3.05, 3.63) is 59.4 Å². The Bertz CT molecular complexity index is 940. The van der Waals surface area contributed by atoms with Crippen LogP contribution in [0.2, 0.25) is 0 Å². The first-order valence-corrected chi connectivity index (χ1v) is 10.6. The van der Waals surface area contributed by atoms with Crippen LogP contribution in [-0.2, 0) is 14.3 Å². The van der Waals surface area contributed by atoms with E-state index in [9.17, 15) is 17.9 Å². The van der Waals surface area contributed by atoms with Crippen LogP contribution in [0.15, 0.2) is 47.4 Å². The summed E-state index contributed by atoms with van der Waals surface area (Å²) in [4.78, 5) is 0.0752. The highest BCUT2D eigenvalue weighted by molar-refractivity contribution is 7.86. The number of fused-ring (bicyclic) bond motifs is 1. The molecule has 152 valence electrons. The first-order chi connectivity index (χ1) is 13.1. The van der Waals surface area contributed by atoms with Crippen molar-refractivity contribution in [2.45, 2.75) is 43.6 Å². The number of ether oxygens (including phenoxy) is 1. The molecule has 5 nitrogen and oxygen atoms in total. The predicted molar refractivity (Wildman–Crippen MR) is 103 cm³/mol. The molecule has 0 spiro atoms. The Labute approximate surface area is 165 Å². The van der Waals surface area contributed by atoms with Crippen molar-refractivity contribution >= 4 is 10.1 Å². The minimum atomic E-state index is -3.91. The Morgan fingerprint density at radius 2 is 1.93 bits per heavy atom. The van der Waals surface area contributed by atoms with Crippen LogP contribution in [0, 0.1) is 18.7 Å². The summed E-state index contributed by atoms with van der Waals surface area (Å²) in [5.74, 6) is -0.287. The summed E-state index contributed by atoms with van der Waals surface area (Å²) < 4.78 is 49.0. The number of halogens is 1. The monoisotopic (exact) mass is 408 g/mol. The first kappa shape index (κ1) is 20.8. The standard InChI is InChI=1S/C21H25FO5S/c1-14(2)20-18-9-6-16(22)12-19(18)26-13-21(20,23)10-11-27-28(24,25)17-7-4-15(3)5-8-17/h4-9,12,14,20,23H,10-11,13H2,1-3H3/t20-,21?/m0/s1. The molecule has 0 aliphatic carbocycles. The van der Waals surface area contributed by atoms with Crippen molar-refractivity contribution in [1.82, 2.24) is 0 Å². The fraction of sp³-hybridized carbons (Fsp3) is 0.429. The third kappa shape index (κ3) is 4.21. The van der Waals surface area contributed by atoms with Gasteiger partial charge in [-0.25, -0.2) is 4.39 Å². The summed E-state index contributed by atoms with van der Waals surface area (Å²) in [5.41, 5.74) is 0.343. The summed E-state index contributed by atoms with van der Waals surface area (Å²) in [6.45, 7) is 5.54. The Balaban J connectivity index is 1.75. The van der Waals surface area contributed by atoms with Gasteiger partial charge in [0.15, 0.2) is 0 Å². The summed E-state index contributed by atoms with van der Waals surface area (Å²) in [6.07, 6.45) is 0.0672. The molecule has 2 atom stereocenters. The average molecular weight is 408 g/mol. The summed E-state index contributed by atoms with van der Waals surface area (Å²) in [6, 6.07) is 10.6. The second-order valence-corrected chi connectivity index (χ2v) is 9.25. The number of rotatable bonds is 6. The molecule has 1 N–H and O–H groups in total. The van der Waals surface area contributed by atoms with Crippen LogP contribution in [0.4, 0.5) is 4.39 Å². The largest absolute Gasteiger partial charge is 0.490 e. The maximum atomic E-state index is 13.5. The normalized spacial score (nSPS) is 22.0. The molecule has 7 heteroatoms. The molecule has 0 amide bonds. The van der Waals surface area contributed by atoms with Gasteiger partial charge in [0.05, 0.1) is 11.5 Å². The SMILES string of the molecule is Cc1ccc(S(=O)(=O)OCCC2(O)COc3cc(F)ccc3[C@@H]2C(C)C)cc1. The van der Waals surface area contributed by atoms with Gasteiger partial charge in [-0.2, -0.15) is 8.42 Å². The van der Waals surface area contributed by atoms with E-state index in [1.165, 1.54) is 24.3 Å². The minimum Gasteiger partial charge on any atom is -0.490 e. The number of aryl methyl sites for hydroxylation is 1. The van der Waals surface area contributed by atoms with Crippen molar-refractivity contribution in [1.29, 1.82) is 0 Å². The van der Waals surface area contributed by atoms with Gasteiger partial charge in [0, 0.05) is 24.0 Å². The zero-order valence-corrected chi connectivity index (χ0v) is 17.0. The molecule has 0 aromatic heterocycles. The van der Waals surface area contributed by atoms with Crippen LogP contribution in [-0.4, -0.2) is 32.3 Å². The lowest BCUT2D eigenvalue weighted by Crippen LogP contribution is -2.48. The van der Waals surface area contributed by atoms with E-state index in [1.54, 1.807) is 18.2 Å². The molecule has 0 fully saturated rings. The van der Waals surface area contributed by atoms with Gasteiger partial charge in [-0.15, -0.1) is 0 Å². The van der Waals surface area contributed by atoms with E-state index in [4.69, 9.17) is 8.92 Å². The first-order valence-electron chi connectivity index (χ1n) is 9.23. The van der Waals surface area contributed by atoms with Gasteiger partial charge in [0.1, 0.15) is 23.8 Å². The van der Waals surface area contributed by atoms with Crippen molar-refractivity contribution in [3.8, 4) is 5.75 Å². The van der Waals surface area contributed by atoms with Crippen molar-refractivity contribution < 1.29 is 26.8 Å². The van der Waals surface area contributed by atoms with Crippen LogP contribution in [0.3, 0.4) is 0 Å². The van der Waals surface area contributed by atoms with Gasteiger partial charge in [-0.05, 0) is 31.0 Å². The van der Waals surface area contributed by atoms with E-state index in [-0.39, 0.29) is 36.4 Å². The van der Waals surface area contributed by atoms with Crippen molar-refractivity contribution in [2.24, 2.45) is 5.92 Å². The molecule has 2 aromatic rings. The molecule has 3 rings (SSSR count). The molecule has 1 unspecified atom stereocenters. The lowest BCUT2D eigenvalue weighted by molar-refractivity contribution is -0.0662. The molecular formula is C21H25FO5S. The highest BCUT2D eigenvalue weighted by Gasteiger charge is 2.45. The molecule has 1 aliphatic heterocycles. The number of aliphatic hydroxyl groups is 1. The fourth-order valence-electron chi connectivity index (χ4n) is 3.78. The lowest BCUT2D eigenvalue weighted by Gasteiger charge is -2.43. The molecule has 1 aliphatic rings. The topological polar surface area (TPSA) is 72.8 Å². The van der Waals surface area contributed by atoms with Gasteiger partial charge in [-0.3, -0.25) is 4.18 Å². The summed E-state index contributed by atoms with van der Waals surface area (Å²) >= 11 is 0. The molecule has 0 saturated carbocycles. The van der Waals surface area contributed by atoms with E-state index >= 15 is 0 Å². The van der Waals surface area contributed by atoms with Crippen molar-refractivity contribution in [2.75, 3.05) is 13.2 Å². The summed E-state index contributed by atoms with van der Waals surface area (Å²) in [7, 11) is -3.91. The third-order valence-corrected chi connectivity index (χ3v) is 6.44. The van der Waals surface area contributed by atoms with E-state index < -0.39 is 21.5 Å². The highest BCUT2D eigenvalue weighted by atomic mass is 32.2. The quantitative estimate of drug-likeness (QED) is 0.736. The maximum Gasteiger partial charge on any atom is 0.296 e. The van der Waals surface area contributed by atoms with E-state index in [0.717, 1.165) is 5.56 Å². The second-order valence-electron chi connectivity index (χ2n) is 7.64. The average Bonchev–Trinajstić information content (AvgIpc) is 2.61. The van der Waals surface area contributed by atoms with Crippen molar-refractivity contribution in [3.63, 3.8) is 0 Å². The molecule has 28 heavy (non-hydrogen) atoms. The maximum absolute atomic E-state index is 13.5. The van der Waals surface area contributed by atoms with Crippen LogP contribution in [0.5, 0.6) is 5.75 Å². The van der Waals surface area contributed by atoms with E-state index in [2.05, 4.69) is 0 Å². The predicted octanol–water partition coefficient (Wildman–Crippen LogP) is 3.79. The molecule has 2 aromatic carbocycles. The molecule has 0 bridgehead atoms. The second kappa shape index (κ2) is 7.81. The Hall–Kier alpha value is -1.96. The summed E-state index contributed by atoms with van der Waals surface area (Å²) in [5, 5.41) is 11.2. The van der Waals surface area contributed by atoms with Gasteiger partial charge in [0.2, 0.25) is 0 Å². The number of hydrogen-bond acceptors (Lipinski definition) is 5. The van der Waals surface area contributed by atoms with E-state index in [1.807, 2.05) is 20.8 Å². The minimum absolute atomic E-state index is 0.0341. The van der Waals surface area contributed by atoms with Crippen LogP contribution in [0.1, 0.15) is 37.3 Å². The van der Waals surface area contributed by atoms with Crippen LogP contribution >= 0.6 is 0 Å². The lowest BCUT2D eigenvalue weighted by atomic mass is 9.72. The van der Waals surface area contributed by atoms with Gasteiger partial charge >= 0.3 is 0 Å². The molecule has 0 saturated heterocycles. The van der Waals surface area contributed by atoms with Gasteiger partial charge in [-0.1, -0.05) is 37.6 Å². The smallest absolute Gasteiger partial charge is 0.296 e. The molecular weight excluding hydrogens is 383 g/mol. The Morgan fingerprint density at radius 3 is 2.57 bits per heavy atom.